The average Bonchev–Trinajstić information content (AvgIpc) is 3.39. The van der Waals surface area contributed by atoms with Gasteiger partial charge in [0.2, 0.25) is 5.91 Å². The van der Waals surface area contributed by atoms with Gasteiger partial charge in [-0.1, -0.05) is 12.5 Å². The van der Waals surface area contributed by atoms with Crippen molar-refractivity contribution in [3.63, 3.8) is 0 Å². The van der Waals surface area contributed by atoms with E-state index in [0.29, 0.717) is 12.4 Å². The monoisotopic (exact) mass is 392 g/mol. The van der Waals surface area contributed by atoms with Crippen molar-refractivity contribution in [3.05, 3.63) is 35.4 Å². The Bertz CT molecular complexity index is 717. The summed E-state index contributed by atoms with van der Waals surface area (Å²) in [7, 11) is 1.68. The molecule has 2 fully saturated rings. The van der Waals surface area contributed by atoms with Crippen LogP contribution in [0.5, 0.6) is 0 Å². The summed E-state index contributed by atoms with van der Waals surface area (Å²) in [5.41, 5.74) is 0.151. The van der Waals surface area contributed by atoms with Crippen molar-refractivity contribution in [1.29, 1.82) is 0 Å². The minimum atomic E-state index is -0.497. The summed E-state index contributed by atoms with van der Waals surface area (Å²) in [4.78, 5) is 16.6. The maximum Gasteiger partial charge on any atom is 0.223 e. The third kappa shape index (κ3) is 5.00. The van der Waals surface area contributed by atoms with Crippen LogP contribution in [-0.2, 0) is 4.79 Å². The second-order valence-electron chi connectivity index (χ2n) is 8.17. The number of rotatable bonds is 5. The molecule has 4 atom stereocenters. The lowest BCUT2D eigenvalue weighted by molar-refractivity contribution is -0.126. The summed E-state index contributed by atoms with van der Waals surface area (Å²) in [6.07, 6.45) is 4.29. The maximum atomic E-state index is 14.0. The van der Waals surface area contributed by atoms with Crippen molar-refractivity contribution >= 4 is 11.9 Å². The first-order valence-electron chi connectivity index (χ1n) is 10.1. The highest BCUT2D eigenvalue weighted by Crippen LogP contribution is 2.43. The number of guanidine groups is 1. The molecule has 154 valence electrons. The maximum absolute atomic E-state index is 14.0. The molecule has 3 N–H and O–H groups in total. The molecule has 0 spiro atoms. The van der Waals surface area contributed by atoms with Crippen LogP contribution in [0, 0.1) is 17.6 Å². The number of hydrogen-bond acceptors (Lipinski definition) is 2. The lowest BCUT2D eigenvalue weighted by atomic mass is 9.85. The molecule has 1 amide bonds. The molecule has 0 saturated heterocycles. The van der Waals surface area contributed by atoms with Crippen molar-refractivity contribution in [2.45, 2.75) is 70.0 Å². The van der Waals surface area contributed by atoms with Crippen LogP contribution in [0.25, 0.3) is 0 Å². The predicted molar refractivity (Wildman–Crippen MR) is 106 cm³/mol. The molecular formula is C21H30F2N4O. The first-order valence-corrected chi connectivity index (χ1v) is 10.1. The third-order valence-corrected chi connectivity index (χ3v) is 5.52. The van der Waals surface area contributed by atoms with Crippen molar-refractivity contribution in [2.75, 3.05) is 7.05 Å². The Balaban J connectivity index is 1.53. The van der Waals surface area contributed by atoms with Crippen molar-refractivity contribution in [2.24, 2.45) is 10.9 Å². The lowest BCUT2D eigenvalue weighted by Crippen LogP contribution is -2.48. The van der Waals surface area contributed by atoms with E-state index in [4.69, 9.17) is 0 Å². The Morgan fingerprint density at radius 2 is 1.86 bits per heavy atom. The molecule has 28 heavy (non-hydrogen) atoms. The van der Waals surface area contributed by atoms with Gasteiger partial charge in [-0.2, -0.15) is 0 Å². The van der Waals surface area contributed by atoms with E-state index in [0.717, 1.165) is 25.7 Å². The largest absolute Gasteiger partial charge is 0.354 e. The summed E-state index contributed by atoms with van der Waals surface area (Å²) in [6.45, 7) is 3.93. The molecule has 7 heteroatoms. The van der Waals surface area contributed by atoms with E-state index in [2.05, 4.69) is 20.9 Å². The first-order chi connectivity index (χ1) is 13.4. The first kappa shape index (κ1) is 20.6. The van der Waals surface area contributed by atoms with Crippen LogP contribution in [-0.4, -0.2) is 37.0 Å². The Morgan fingerprint density at radius 1 is 1.14 bits per heavy atom. The zero-order valence-corrected chi connectivity index (χ0v) is 16.8. The minimum Gasteiger partial charge on any atom is -0.354 e. The second-order valence-corrected chi connectivity index (χ2v) is 8.17. The number of nitrogens with zero attached hydrogens (tertiary/aromatic N) is 1. The number of halogens is 2. The van der Waals surface area contributed by atoms with Gasteiger partial charge in [-0.05, 0) is 51.7 Å². The van der Waals surface area contributed by atoms with Gasteiger partial charge in [0, 0.05) is 42.6 Å². The van der Waals surface area contributed by atoms with E-state index in [1.807, 2.05) is 13.8 Å². The van der Waals surface area contributed by atoms with E-state index in [1.165, 1.54) is 18.2 Å². The molecule has 5 nitrogen and oxygen atoms in total. The highest BCUT2D eigenvalue weighted by Gasteiger charge is 2.42. The summed E-state index contributed by atoms with van der Waals surface area (Å²) in [5.74, 6) is -0.434. The van der Waals surface area contributed by atoms with E-state index in [9.17, 15) is 13.6 Å². The van der Waals surface area contributed by atoms with Crippen LogP contribution in [0.15, 0.2) is 23.2 Å². The zero-order chi connectivity index (χ0) is 20.3. The number of amides is 1. The van der Waals surface area contributed by atoms with Crippen LogP contribution in [0.1, 0.15) is 57.4 Å². The van der Waals surface area contributed by atoms with Crippen LogP contribution < -0.4 is 16.0 Å². The topological polar surface area (TPSA) is 65.5 Å². The van der Waals surface area contributed by atoms with Crippen LogP contribution >= 0.6 is 0 Å². The van der Waals surface area contributed by atoms with Gasteiger partial charge in [0.1, 0.15) is 11.6 Å². The SMILES string of the molecule is CN=C(NC1CCCC(C(=O)NC(C)C)C1)NC1CC1c1c(F)cccc1F. The predicted octanol–water partition coefficient (Wildman–Crippen LogP) is 3.07. The molecule has 1 aromatic rings. The summed E-state index contributed by atoms with van der Waals surface area (Å²) < 4.78 is 27.9. The van der Waals surface area contributed by atoms with E-state index in [1.54, 1.807) is 7.05 Å². The number of benzene rings is 1. The van der Waals surface area contributed by atoms with Gasteiger partial charge in [-0.15, -0.1) is 0 Å². The smallest absolute Gasteiger partial charge is 0.223 e. The van der Waals surface area contributed by atoms with Crippen molar-refractivity contribution < 1.29 is 13.6 Å². The Labute approximate surface area is 165 Å². The number of hydrogen-bond donors (Lipinski definition) is 3. The molecule has 0 aliphatic heterocycles. The van der Waals surface area contributed by atoms with Crippen LogP contribution in [0.3, 0.4) is 0 Å². The molecule has 0 aromatic heterocycles. The fourth-order valence-electron chi connectivity index (χ4n) is 4.04. The van der Waals surface area contributed by atoms with Gasteiger partial charge in [-0.25, -0.2) is 8.78 Å². The van der Waals surface area contributed by atoms with Gasteiger partial charge >= 0.3 is 0 Å². The van der Waals surface area contributed by atoms with Gasteiger partial charge < -0.3 is 16.0 Å². The number of nitrogens with one attached hydrogen (secondary N) is 3. The molecule has 4 unspecified atom stereocenters. The van der Waals surface area contributed by atoms with E-state index >= 15 is 0 Å². The lowest BCUT2D eigenvalue weighted by Gasteiger charge is -2.30. The average molecular weight is 392 g/mol. The fourth-order valence-corrected chi connectivity index (χ4v) is 4.04. The normalized spacial score (nSPS) is 27.4. The highest BCUT2D eigenvalue weighted by atomic mass is 19.1. The number of aliphatic imine (C=N–C) groups is 1. The molecule has 2 aliphatic rings. The molecule has 0 bridgehead atoms. The zero-order valence-electron chi connectivity index (χ0n) is 16.8. The highest BCUT2D eigenvalue weighted by molar-refractivity contribution is 5.81. The molecule has 0 heterocycles. The van der Waals surface area contributed by atoms with Gasteiger partial charge in [0.15, 0.2) is 5.96 Å². The van der Waals surface area contributed by atoms with E-state index < -0.39 is 11.6 Å². The third-order valence-electron chi connectivity index (χ3n) is 5.52. The quantitative estimate of drug-likeness (QED) is 0.533. The second kappa shape index (κ2) is 8.88. The minimum absolute atomic E-state index is 0.00735. The van der Waals surface area contributed by atoms with Crippen LogP contribution in [0.2, 0.25) is 0 Å². The van der Waals surface area contributed by atoms with Crippen LogP contribution in [0.4, 0.5) is 8.78 Å². The standard InChI is InChI=1S/C21H30F2N4O/c1-12(2)25-20(28)13-6-4-7-14(10-13)26-21(24-3)27-18-11-15(18)19-16(22)8-5-9-17(19)23/h5,8-9,12-15,18H,4,6-7,10-11H2,1-3H3,(H,25,28)(H2,24,26,27). The Hall–Kier alpha value is -2.18. The molecule has 2 saturated carbocycles. The van der Waals surface area contributed by atoms with Gasteiger partial charge in [0.25, 0.3) is 0 Å². The summed E-state index contributed by atoms with van der Waals surface area (Å²) in [5, 5.41) is 9.65. The number of carbonyl (C=O) groups is 1. The fraction of sp³-hybridized carbons (Fsp3) is 0.619. The molecule has 1 aromatic carbocycles. The number of carbonyl (C=O) groups excluding carboxylic acids is 1. The Kier molecular flexibility index (Phi) is 6.52. The molecule has 2 aliphatic carbocycles. The molecular weight excluding hydrogens is 362 g/mol. The van der Waals surface area contributed by atoms with Gasteiger partial charge in [0.05, 0.1) is 0 Å². The molecule has 3 rings (SSSR count). The van der Waals surface area contributed by atoms with E-state index in [-0.39, 0.29) is 41.4 Å². The summed E-state index contributed by atoms with van der Waals surface area (Å²) in [6, 6.07) is 4.23. The molecule has 0 radical (unpaired) electrons. The van der Waals surface area contributed by atoms with Gasteiger partial charge in [-0.3, -0.25) is 9.79 Å². The van der Waals surface area contributed by atoms with Crippen molar-refractivity contribution in [1.82, 2.24) is 16.0 Å². The Morgan fingerprint density at radius 3 is 2.50 bits per heavy atom. The summed E-state index contributed by atoms with van der Waals surface area (Å²) >= 11 is 0. The van der Waals surface area contributed by atoms with Crippen molar-refractivity contribution in [3.8, 4) is 0 Å².